The fourth-order valence-corrected chi connectivity index (χ4v) is 2.65. The van der Waals surface area contributed by atoms with Crippen LogP contribution in [-0.2, 0) is 24.4 Å². The number of ether oxygens (including phenoxy) is 1. The van der Waals surface area contributed by atoms with Crippen LogP contribution in [0.2, 0.25) is 0 Å². The Hall–Kier alpha value is -1.97. The SMILES string of the molecule is CCNC(=O)[C@@H](C)OC(=O)c1cccc(S(=O)(=O)N(C)OC)c1. The van der Waals surface area contributed by atoms with Crippen molar-refractivity contribution in [3.63, 3.8) is 0 Å². The van der Waals surface area contributed by atoms with E-state index in [0.717, 1.165) is 6.07 Å². The molecule has 0 spiro atoms. The first kappa shape index (κ1) is 19.1. The predicted molar refractivity (Wildman–Crippen MR) is 82.0 cm³/mol. The molecule has 1 aromatic carbocycles. The Labute approximate surface area is 135 Å². The lowest BCUT2D eigenvalue weighted by molar-refractivity contribution is -0.128. The Balaban J connectivity index is 2.97. The number of hydroxylamine groups is 1. The van der Waals surface area contributed by atoms with Crippen LogP contribution in [0.1, 0.15) is 24.2 Å². The molecule has 0 radical (unpaired) electrons. The molecule has 0 unspecified atom stereocenters. The molecule has 23 heavy (non-hydrogen) atoms. The number of hydrogen-bond donors (Lipinski definition) is 1. The second kappa shape index (κ2) is 8.04. The number of carbonyl (C=O) groups excluding carboxylic acids is 2. The second-order valence-electron chi connectivity index (χ2n) is 4.57. The fraction of sp³-hybridized carbons (Fsp3) is 0.429. The molecule has 0 aliphatic carbocycles. The number of nitrogens with one attached hydrogen (secondary N) is 1. The van der Waals surface area contributed by atoms with E-state index in [4.69, 9.17) is 4.74 Å². The Morgan fingerprint density at radius 3 is 2.57 bits per heavy atom. The average molecular weight is 344 g/mol. The summed E-state index contributed by atoms with van der Waals surface area (Å²) in [6, 6.07) is 5.30. The van der Waals surface area contributed by atoms with Gasteiger partial charge in [0.25, 0.3) is 15.9 Å². The van der Waals surface area contributed by atoms with Crippen LogP contribution < -0.4 is 5.32 Å². The summed E-state index contributed by atoms with van der Waals surface area (Å²) < 4.78 is 30.0. The Morgan fingerprint density at radius 1 is 1.35 bits per heavy atom. The van der Waals surface area contributed by atoms with Gasteiger partial charge in [-0.15, -0.1) is 0 Å². The third-order valence-electron chi connectivity index (χ3n) is 2.97. The van der Waals surface area contributed by atoms with Gasteiger partial charge in [-0.25, -0.2) is 13.2 Å². The number of carbonyl (C=O) groups is 2. The van der Waals surface area contributed by atoms with Crippen LogP contribution in [0.4, 0.5) is 0 Å². The molecule has 0 fully saturated rings. The zero-order chi connectivity index (χ0) is 17.6. The van der Waals surface area contributed by atoms with Gasteiger partial charge in [-0.2, -0.15) is 0 Å². The zero-order valence-electron chi connectivity index (χ0n) is 13.4. The highest BCUT2D eigenvalue weighted by atomic mass is 32.2. The van der Waals surface area contributed by atoms with Crippen molar-refractivity contribution in [3.8, 4) is 0 Å². The molecule has 8 nitrogen and oxygen atoms in total. The van der Waals surface area contributed by atoms with Gasteiger partial charge in [-0.1, -0.05) is 10.5 Å². The molecule has 1 atom stereocenters. The van der Waals surface area contributed by atoms with Gasteiger partial charge in [0.05, 0.1) is 17.6 Å². The molecule has 1 amide bonds. The van der Waals surface area contributed by atoms with Gasteiger partial charge >= 0.3 is 5.97 Å². The molecule has 0 aromatic heterocycles. The quantitative estimate of drug-likeness (QED) is 0.572. The third-order valence-corrected chi connectivity index (χ3v) is 4.64. The summed E-state index contributed by atoms with van der Waals surface area (Å²) in [6.07, 6.45) is -0.982. The summed E-state index contributed by atoms with van der Waals surface area (Å²) >= 11 is 0. The smallest absolute Gasteiger partial charge is 0.338 e. The number of benzene rings is 1. The summed E-state index contributed by atoms with van der Waals surface area (Å²) in [5, 5.41) is 2.53. The molecule has 0 heterocycles. The van der Waals surface area contributed by atoms with Gasteiger partial charge in [0, 0.05) is 13.6 Å². The molecule has 0 aliphatic rings. The Morgan fingerprint density at radius 2 is 2.00 bits per heavy atom. The fourth-order valence-electron chi connectivity index (χ4n) is 1.63. The van der Waals surface area contributed by atoms with Gasteiger partial charge in [-0.05, 0) is 32.0 Å². The summed E-state index contributed by atoms with van der Waals surface area (Å²) in [6.45, 7) is 3.59. The number of hydrogen-bond acceptors (Lipinski definition) is 6. The Bertz CT molecular complexity index is 674. The van der Waals surface area contributed by atoms with E-state index in [1.165, 1.54) is 39.3 Å². The highest BCUT2D eigenvalue weighted by Crippen LogP contribution is 2.17. The maximum Gasteiger partial charge on any atom is 0.338 e. The van der Waals surface area contributed by atoms with Crippen molar-refractivity contribution in [2.45, 2.75) is 24.8 Å². The van der Waals surface area contributed by atoms with E-state index in [-0.39, 0.29) is 10.5 Å². The first-order chi connectivity index (χ1) is 10.7. The van der Waals surface area contributed by atoms with Crippen molar-refractivity contribution in [2.24, 2.45) is 0 Å². The van der Waals surface area contributed by atoms with E-state index in [1.807, 2.05) is 0 Å². The maximum atomic E-state index is 12.1. The molecule has 0 saturated heterocycles. The van der Waals surface area contributed by atoms with E-state index >= 15 is 0 Å². The molecular weight excluding hydrogens is 324 g/mol. The molecule has 0 aliphatic heterocycles. The van der Waals surface area contributed by atoms with E-state index in [9.17, 15) is 18.0 Å². The van der Waals surface area contributed by atoms with Crippen LogP contribution in [-0.4, -0.2) is 51.6 Å². The van der Waals surface area contributed by atoms with Gasteiger partial charge in [0.15, 0.2) is 6.10 Å². The molecule has 9 heteroatoms. The van der Waals surface area contributed by atoms with Crippen LogP contribution in [0.25, 0.3) is 0 Å². The lowest BCUT2D eigenvalue weighted by Crippen LogP contribution is -2.35. The molecule has 1 N–H and O–H groups in total. The molecule has 0 saturated carbocycles. The standard InChI is InChI=1S/C14H20N2O6S/c1-5-15-13(17)10(2)22-14(18)11-7-6-8-12(9-11)23(19,20)16(3)21-4/h6-10H,5H2,1-4H3,(H,15,17)/t10-/m1/s1. The van der Waals surface area contributed by atoms with Crippen LogP contribution in [0, 0.1) is 0 Å². The van der Waals surface area contributed by atoms with E-state index < -0.39 is 28.0 Å². The summed E-state index contributed by atoms with van der Waals surface area (Å²) in [5.74, 6) is -1.22. The topological polar surface area (TPSA) is 102 Å². The highest BCUT2D eigenvalue weighted by Gasteiger charge is 2.23. The lowest BCUT2D eigenvalue weighted by atomic mass is 10.2. The van der Waals surface area contributed by atoms with Crippen molar-refractivity contribution in [1.29, 1.82) is 0 Å². The average Bonchev–Trinajstić information content (AvgIpc) is 2.54. The minimum atomic E-state index is -3.87. The van der Waals surface area contributed by atoms with Gasteiger partial charge < -0.3 is 10.1 Å². The first-order valence-electron chi connectivity index (χ1n) is 6.85. The van der Waals surface area contributed by atoms with Gasteiger partial charge in [-0.3, -0.25) is 9.63 Å². The van der Waals surface area contributed by atoms with Crippen molar-refractivity contribution < 1.29 is 27.6 Å². The number of likely N-dealkylation sites (N-methyl/N-ethyl adjacent to an activating group) is 1. The minimum absolute atomic E-state index is 0.0201. The van der Waals surface area contributed by atoms with Crippen LogP contribution in [0.15, 0.2) is 29.2 Å². The Kier molecular flexibility index (Phi) is 6.67. The van der Waals surface area contributed by atoms with E-state index in [2.05, 4.69) is 10.2 Å². The van der Waals surface area contributed by atoms with Crippen LogP contribution >= 0.6 is 0 Å². The van der Waals surface area contributed by atoms with E-state index in [0.29, 0.717) is 11.0 Å². The monoisotopic (exact) mass is 344 g/mol. The summed E-state index contributed by atoms with van der Waals surface area (Å²) in [5.41, 5.74) is 0.0201. The molecular formula is C14H20N2O6S. The summed E-state index contributed by atoms with van der Waals surface area (Å²) in [7, 11) is -1.43. The van der Waals surface area contributed by atoms with Crippen molar-refractivity contribution in [2.75, 3.05) is 20.7 Å². The van der Waals surface area contributed by atoms with Crippen LogP contribution in [0.5, 0.6) is 0 Å². The largest absolute Gasteiger partial charge is 0.449 e. The molecule has 0 bridgehead atoms. The molecule has 1 rings (SSSR count). The van der Waals surface area contributed by atoms with Crippen LogP contribution in [0.3, 0.4) is 0 Å². The number of sulfonamides is 1. The minimum Gasteiger partial charge on any atom is -0.449 e. The second-order valence-corrected chi connectivity index (χ2v) is 6.50. The van der Waals surface area contributed by atoms with E-state index in [1.54, 1.807) is 6.92 Å². The number of rotatable bonds is 7. The first-order valence-corrected chi connectivity index (χ1v) is 8.29. The predicted octanol–water partition coefficient (Wildman–Crippen LogP) is 0.550. The highest BCUT2D eigenvalue weighted by molar-refractivity contribution is 7.89. The van der Waals surface area contributed by atoms with Crippen molar-refractivity contribution in [1.82, 2.24) is 9.79 Å². The third kappa shape index (κ3) is 4.75. The summed E-state index contributed by atoms with van der Waals surface area (Å²) in [4.78, 5) is 28.1. The lowest BCUT2D eigenvalue weighted by Gasteiger charge is -2.15. The number of esters is 1. The molecule has 1 aromatic rings. The number of amides is 1. The van der Waals surface area contributed by atoms with Gasteiger partial charge in [0.2, 0.25) is 0 Å². The zero-order valence-corrected chi connectivity index (χ0v) is 14.2. The normalized spacial score (nSPS) is 12.7. The van der Waals surface area contributed by atoms with Crippen molar-refractivity contribution in [3.05, 3.63) is 29.8 Å². The van der Waals surface area contributed by atoms with Crippen molar-refractivity contribution >= 4 is 21.9 Å². The maximum absolute atomic E-state index is 12.1. The number of nitrogens with zero attached hydrogens (tertiary/aromatic N) is 1. The molecule has 128 valence electrons. The van der Waals surface area contributed by atoms with Gasteiger partial charge in [0.1, 0.15) is 0 Å².